The van der Waals surface area contributed by atoms with Crippen molar-refractivity contribution in [2.75, 3.05) is 11.9 Å². The van der Waals surface area contributed by atoms with E-state index in [1.54, 1.807) is 28.8 Å². The van der Waals surface area contributed by atoms with E-state index in [0.717, 1.165) is 5.56 Å². The average molecular weight is 263 g/mol. The zero-order chi connectivity index (χ0) is 13.8. The lowest BCUT2D eigenvalue weighted by molar-refractivity contribution is 0.212. The number of anilines is 1. The van der Waals surface area contributed by atoms with E-state index in [9.17, 15) is 4.79 Å². The van der Waals surface area contributed by atoms with Gasteiger partial charge in [-0.1, -0.05) is 5.16 Å². The van der Waals surface area contributed by atoms with Gasteiger partial charge in [-0.25, -0.2) is 4.79 Å². The highest BCUT2D eigenvalue weighted by molar-refractivity contribution is 5.88. The summed E-state index contributed by atoms with van der Waals surface area (Å²) in [5.41, 5.74) is 0.982. The lowest BCUT2D eigenvalue weighted by Gasteiger charge is -2.19. The summed E-state index contributed by atoms with van der Waals surface area (Å²) in [6.07, 6.45) is 3.63. The molecule has 0 unspecified atom stereocenters. The average Bonchev–Trinajstić information content (AvgIpc) is 2.95. The molecule has 19 heavy (non-hydrogen) atoms. The molecule has 2 aromatic rings. The molecule has 102 valence electrons. The second-order valence-electron chi connectivity index (χ2n) is 4.29. The summed E-state index contributed by atoms with van der Waals surface area (Å²) in [6, 6.07) is 1.47. The Bertz CT molecular complexity index is 560. The zero-order valence-electron chi connectivity index (χ0n) is 11.3. The number of hydrogen-bond donors (Lipinski definition) is 1. The smallest absolute Gasteiger partial charge is 0.323 e. The van der Waals surface area contributed by atoms with Gasteiger partial charge < -0.3 is 9.42 Å². The first-order chi connectivity index (χ1) is 9.08. The first-order valence-electron chi connectivity index (χ1n) is 6.05. The maximum Gasteiger partial charge on any atom is 0.323 e. The number of carbonyl (C=O) groups is 1. The zero-order valence-corrected chi connectivity index (χ0v) is 11.3. The van der Waals surface area contributed by atoms with Crippen LogP contribution >= 0.6 is 0 Å². The molecule has 0 atom stereocenters. The van der Waals surface area contributed by atoms with Crippen LogP contribution in [0.15, 0.2) is 23.0 Å². The van der Waals surface area contributed by atoms with Crippen LogP contribution in [0.25, 0.3) is 0 Å². The third-order valence-corrected chi connectivity index (χ3v) is 2.66. The van der Waals surface area contributed by atoms with Gasteiger partial charge in [0.1, 0.15) is 5.76 Å². The molecule has 2 amide bonds. The number of rotatable bonds is 4. The first kappa shape index (κ1) is 13.1. The molecule has 0 saturated heterocycles. The monoisotopic (exact) mass is 263 g/mol. The largest absolute Gasteiger partial charge is 0.360 e. The molecular weight excluding hydrogens is 246 g/mol. The van der Waals surface area contributed by atoms with Gasteiger partial charge >= 0.3 is 6.03 Å². The lowest BCUT2D eigenvalue weighted by Crippen LogP contribution is -2.34. The highest BCUT2D eigenvalue weighted by Gasteiger charge is 2.14. The van der Waals surface area contributed by atoms with E-state index < -0.39 is 0 Å². The van der Waals surface area contributed by atoms with Crippen LogP contribution in [0.4, 0.5) is 10.6 Å². The van der Waals surface area contributed by atoms with Crippen molar-refractivity contribution in [3.63, 3.8) is 0 Å². The number of aromatic nitrogens is 3. The minimum Gasteiger partial charge on any atom is -0.360 e. The van der Waals surface area contributed by atoms with Crippen LogP contribution in [0.5, 0.6) is 0 Å². The maximum absolute atomic E-state index is 12.1. The van der Waals surface area contributed by atoms with Crippen molar-refractivity contribution in [1.29, 1.82) is 0 Å². The summed E-state index contributed by atoms with van der Waals surface area (Å²) in [7, 11) is 1.85. The molecule has 0 aromatic carbocycles. The van der Waals surface area contributed by atoms with Gasteiger partial charge in [-0.3, -0.25) is 10.00 Å². The van der Waals surface area contributed by atoms with Crippen molar-refractivity contribution in [3.8, 4) is 0 Å². The Morgan fingerprint density at radius 1 is 1.58 bits per heavy atom. The predicted molar refractivity (Wildman–Crippen MR) is 69.6 cm³/mol. The fourth-order valence-corrected chi connectivity index (χ4v) is 1.72. The molecule has 0 aliphatic heterocycles. The summed E-state index contributed by atoms with van der Waals surface area (Å²) < 4.78 is 6.61. The van der Waals surface area contributed by atoms with E-state index in [1.165, 1.54) is 0 Å². The molecule has 0 saturated carbocycles. The van der Waals surface area contributed by atoms with Crippen LogP contribution in [0.3, 0.4) is 0 Å². The summed E-state index contributed by atoms with van der Waals surface area (Å²) in [5, 5.41) is 10.5. The van der Waals surface area contributed by atoms with E-state index in [4.69, 9.17) is 4.52 Å². The second-order valence-corrected chi connectivity index (χ2v) is 4.29. The van der Waals surface area contributed by atoms with Crippen molar-refractivity contribution in [3.05, 3.63) is 29.8 Å². The van der Waals surface area contributed by atoms with Gasteiger partial charge in [0, 0.05) is 31.4 Å². The van der Waals surface area contributed by atoms with Gasteiger partial charge in [0.2, 0.25) is 0 Å². The quantitative estimate of drug-likeness (QED) is 0.912. The fourth-order valence-electron chi connectivity index (χ4n) is 1.72. The molecular formula is C12H17N5O2. The predicted octanol–water partition coefficient (Wildman–Crippen LogP) is 1.77. The molecule has 0 radical (unpaired) electrons. The number of amides is 2. The Kier molecular flexibility index (Phi) is 3.84. The van der Waals surface area contributed by atoms with Crippen molar-refractivity contribution in [1.82, 2.24) is 19.8 Å². The first-order valence-corrected chi connectivity index (χ1v) is 6.05. The second kappa shape index (κ2) is 5.55. The summed E-state index contributed by atoms with van der Waals surface area (Å²) in [5.74, 6) is 1.08. The Morgan fingerprint density at radius 2 is 2.37 bits per heavy atom. The van der Waals surface area contributed by atoms with Gasteiger partial charge in [0.15, 0.2) is 5.82 Å². The van der Waals surface area contributed by atoms with E-state index in [0.29, 0.717) is 24.7 Å². The van der Waals surface area contributed by atoms with E-state index in [1.807, 2.05) is 20.2 Å². The molecule has 7 heteroatoms. The number of carbonyl (C=O) groups excluding carboxylic acids is 1. The van der Waals surface area contributed by atoms with Gasteiger partial charge in [-0.15, -0.1) is 0 Å². The van der Waals surface area contributed by atoms with Crippen molar-refractivity contribution in [2.24, 2.45) is 7.05 Å². The standard InChI is InChI=1S/C12H17N5O2/c1-4-17(8-10-6-13-16(3)7-10)12(18)14-11-5-9(2)19-15-11/h5-7H,4,8H2,1-3H3,(H,14,15,18). The number of hydrogen-bond acceptors (Lipinski definition) is 4. The summed E-state index contributed by atoms with van der Waals surface area (Å²) in [4.78, 5) is 13.7. The normalized spacial score (nSPS) is 10.5. The maximum atomic E-state index is 12.1. The Morgan fingerprint density at radius 3 is 2.89 bits per heavy atom. The SMILES string of the molecule is CCN(Cc1cnn(C)c1)C(=O)Nc1cc(C)on1. The van der Waals surface area contributed by atoms with Crippen LogP contribution < -0.4 is 5.32 Å². The van der Waals surface area contributed by atoms with Crippen LogP contribution in [0, 0.1) is 6.92 Å². The molecule has 2 aromatic heterocycles. The summed E-state index contributed by atoms with van der Waals surface area (Å²) >= 11 is 0. The van der Waals surface area contributed by atoms with Crippen molar-refractivity contribution >= 4 is 11.8 Å². The number of nitrogens with zero attached hydrogens (tertiary/aromatic N) is 4. The molecule has 2 heterocycles. The van der Waals surface area contributed by atoms with Crippen molar-refractivity contribution < 1.29 is 9.32 Å². The van der Waals surface area contributed by atoms with E-state index in [2.05, 4.69) is 15.6 Å². The van der Waals surface area contributed by atoms with Crippen LogP contribution in [0.2, 0.25) is 0 Å². The molecule has 0 aliphatic rings. The fraction of sp³-hybridized carbons (Fsp3) is 0.417. The molecule has 2 rings (SSSR count). The van der Waals surface area contributed by atoms with Crippen molar-refractivity contribution in [2.45, 2.75) is 20.4 Å². The Labute approximate surface area is 111 Å². The summed E-state index contributed by atoms with van der Waals surface area (Å²) in [6.45, 7) is 4.80. The van der Waals surface area contributed by atoms with Crippen LogP contribution in [-0.4, -0.2) is 32.4 Å². The Balaban J connectivity index is 1.98. The third-order valence-electron chi connectivity index (χ3n) is 2.66. The highest BCUT2D eigenvalue weighted by Crippen LogP contribution is 2.10. The van der Waals surface area contributed by atoms with Gasteiger partial charge in [-0.05, 0) is 13.8 Å². The highest BCUT2D eigenvalue weighted by atomic mass is 16.5. The van der Waals surface area contributed by atoms with E-state index >= 15 is 0 Å². The lowest BCUT2D eigenvalue weighted by atomic mass is 10.3. The minimum atomic E-state index is -0.209. The van der Waals surface area contributed by atoms with Gasteiger partial charge in [0.25, 0.3) is 0 Å². The Hall–Kier alpha value is -2.31. The third kappa shape index (κ3) is 3.34. The van der Waals surface area contributed by atoms with E-state index in [-0.39, 0.29) is 6.03 Å². The number of nitrogens with one attached hydrogen (secondary N) is 1. The number of aryl methyl sites for hydroxylation is 2. The van der Waals surface area contributed by atoms with Gasteiger partial charge in [-0.2, -0.15) is 5.10 Å². The van der Waals surface area contributed by atoms with Crippen LogP contribution in [-0.2, 0) is 13.6 Å². The minimum absolute atomic E-state index is 0.209. The molecule has 0 aliphatic carbocycles. The van der Waals surface area contributed by atoms with Crippen LogP contribution in [0.1, 0.15) is 18.2 Å². The number of urea groups is 1. The molecule has 1 N–H and O–H groups in total. The molecule has 0 fully saturated rings. The van der Waals surface area contributed by atoms with Gasteiger partial charge in [0.05, 0.1) is 12.7 Å². The molecule has 0 bridgehead atoms. The topological polar surface area (TPSA) is 76.2 Å². The molecule has 0 spiro atoms. The molecule has 7 nitrogen and oxygen atoms in total.